The van der Waals surface area contributed by atoms with Crippen LogP contribution in [0, 0.1) is 0 Å². The highest BCUT2D eigenvalue weighted by Gasteiger charge is 2.11. The third kappa shape index (κ3) is 3.82. The van der Waals surface area contributed by atoms with Crippen molar-refractivity contribution in [2.24, 2.45) is 0 Å². The molecule has 0 amide bonds. The Bertz CT molecular complexity index is 611. The fraction of sp³-hybridized carbons (Fsp3) is 0.133. The van der Waals surface area contributed by atoms with Crippen molar-refractivity contribution in [2.45, 2.75) is 6.61 Å². The number of esters is 1. The number of hydrogen-bond acceptors (Lipinski definition) is 3. The molecule has 0 N–H and O–H groups in total. The Morgan fingerprint density at radius 3 is 2.50 bits per heavy atom. The molecule has 0 unspecified atom stereocenters. The Labute approximate surface area is 130 Å². The van der Waals surface area contributed by atoms with E-state index in [1.807, 2.05) is 12.1 Å². The maximum atomic E-state index is 12.0. The van der Waals surface area contributed by atoms with Crippen molar-refractivity contribution < 1.29 is 14.3 Å². The van der Waals surface area contributed by atoms with E-state index in [0.717, 1.165) is 5.56 Å². The van der Waals surface area contributed by atoms with E-state index in [-0.39, 0.29) is 0 Å². The molecule has 0 saturated carbocycles. The van der Waals surface area contributed by atoms with Crippen LogP contribution in [0.15, 0.2) is 46.9 Å². The average Bonchev–Trinajstić information content (AvgIpc) is 2.43. The first-order chi connectivity index (χ1) is 9.60. The molecular formula is C15H12BrClO3. The summed E-state index contributed by atoms with van der Waals surface area (Å²) in [7, 11) is 1.63. The van der Waals surface area contributed by atoms with Gasteiger partial charge in [0.1, 0.15) is 5.75 Å². The van der Waals surface area contributed by atoms with Gasteiger partial charge in [0.15, 0.2) is 0 Å². The number of halogens is 2. The molecule has 2 rings (SSSR count). The lowest BCUT2D eigenvalue weighted by Gasteiger charge is -2.07. The van der Waals surface area contributed by atoms with E-state index in [2.05, 4.69) is 15.9 Å². The number of hydrogen-bond donors (Lipinski definition) is 0. The van der Waals surface area contributed by atoms with E-state index >= 15 is 0 Å². The topological polar surface area (TPSA) is 35.5 Å². The van der Waals surface area contributed by atoms with Crippen molar-refractivity contribution in [3.8, 4) is 5.75 Å². The fourth-order valence-corrected chi connectivity index (χ4v) is 2.38. The lowest BCUT2D eigenvalue weighted by molar-refractivity contribution is 0.0733. The first-order valence-corrected chi connectivity index (χ1v) is 7.02. The lowest BCUT2D eigenvalue weighted by atomic mass is 10.1. The molecule has 0 saturated heterocycles. The van der Waals surface area contributed by atoms with Crippen molar-refractivity contribution in [3.63, 3.8) is 0 Å². The van der Waals surface area contributed by atoms with Crippen LogP contribution in [0.4, 0.5) is 0 Å². The monoisotopic (exact) mass is 354 g/mol. The average molecular weight is 356 g/mol. The van der Waals surface area contributed by atoms with Gasteiger partial charge in [-0.3, -0.25) is 0 Å². The number of methoxy groups -OCH3 is 1. The highest BCUT2D eigenvalue weighted by Crippen LogP contribution is 2.28. The van der Waals surface area contributed by atoms with Gasteiger partial charge in [0, 0.05) is 12.1 Å². The molecule has 20 heavy (non-hydrogen) atoms. The second kappa shape index (κ2) is 6.88. The highest BCUT2D eigenvalue weighted by atomic mass is 79.9. The summed E-state index contributed by atoms with van der Waals surface area (Å²) < 4.78 is 11.0. The molecular weight excluding hydrogens is 344 g/mol. The zero-order valence-corrected chi connectivity index (χ0v) is 13.1. The van der Waals surface area contributed by atoms with Crippen molar-refractivity contribution in [2.75, 3.05) is 7.11 Å². The smallest absolute Gasteiger partial charge is 0.343 e. The minimum atomic E-state index is -0.419. The first-order valence-electron chi connectivity index (χ1n) is 5.85. The molecule has 0 atom stereocenters. The van der Waals surface area contributed by atoms with Crippen LogP contribution in [-0.2, 0) is 11.3 Å². The van der Waals surface area contributed by atoms with E-state index in [9.17, 15) is 4.79 Å². The number of carbonyl (C=O) groups excluding carboxylic acids is 1. The lowest BCUT2D eigenvalue weighted by Crippen LogP contribution is -2.08. The molecule has 0 aliphatic heterocycles. The van der Waals surface area contributed by atoms with Crippen LogP contribution in [0.5, 0.6) is 5.75 Å². The van der Waals surface area contributed by atoms with Gasteiger partial charge in [-0.15, -0.1) is 0 Å². The van der Waals surface area contributed by atoms with Gasteiger partial charge < -0.3 is 9.47 Å². The maximum Gasteiger partial charge on any atom is 0.343 e. The summed E-state index contributed by atoms with van der Waals surface area (Å²) in [6, 6.07) is 12.1. The van der Waals surface area contributed by atoms with Gasteiger partial charge in [0.2, 0.25) is 0 Å². The molecule has 0 aliphatic carbocycles. The van der Waals surface area contributed by atoms with Crippen LogP contribution in [0.1, 0.15) is 15.9 Å². The summed E-state index contributed by atoms with van der Waals surface area (Å²) in [4.78, 5) is 12.0. The van der Waals surface area contributed by atoms with Gasteiger partial charge in [0.05, 0.1) is 16.6 Å². The van der Waals surface area contributed by atoms with Gasteiger partial charge >= 0.3 is 5.97 Å². The molecule has 0 aromatic heterocycles. The maximum absolute atomic E-state index is 12.0. The van der Waals surface area contributed by atoms with Gasteiger partial charge in [-0.25, -0.2) is 4.79 Å². The van der Waals surface area contributed by atoms with Crippen LogP contribution < -0.4 is 4.74 Å². The second-order valence-electron chi connectivity index (χ2n) is 4.09. The van der Waals surface area contributed by atoms with Crippen LogP contribution in [0.2, 0.25) is 5.02 Å². The Hall–Kier alpha value is -1.36. The summed E-state index contributed by atoms with van der Waals surface area (Å²) in [5.41, 5.74) is 1.48. The van der Waals surface area contributed by atoms with E-state index in [0.29, 0.717) is 27.4 Å². The van der Waals surface area contributed by atoms with Crippen LogP contribution >= 0.6 is 27.5 Å². The number of rotatable bonds is 4. The molecule has 0 radical (unpaired) electrons. The molecule has 104 valence electrons. The van der Waals surface area contributed by atoms with Crippen molar-refractivity contribution >= 4 is 33.5 Å². The standard InChI is InChI=1S/C15H12BrClO3/c1-19-9-10-2-4-11(5-3-10)15(18)20-14-7-6-12(17)8-13(14)16/h2-8H,9H2,1H3. The zero-order valence-electron chi connectivity index (χ0n) is 10.7. The van der Waals surface area contributed by atoms with Crippen molar-refractivity contribution in [1.82, 2.24) is 0 Å². The summed E-state index contributed by atoms with van der Waals surface area (Å²) in [5.74, 6) is 0.0114. The molecule has 2 aromatic rings. The van der Waals surface area contributed by atoms with Gasteiger partial charge in [-0.2, -0.15) is 0 Å². The quantitative estimate of drug-likeness (QED) is 0.600. The van der Waals surface area contributed by atoms with E-state index in [4.69, 9.17) is 21.1 Å². The van der Waals surface area contributed by atoms with E-state index in [1.165, 1.54) is 0 Å². The van der Waals surface area contributed by atoms with Crippen LogP contribution in [0.3, 0.4) is 0 Å². The summed E-state index contributed by atoms with van der Waals surface area (Å²) >= 11 is 9.14. The summed E-state index contributed by atoms with van der Waals surface area (Å²) in [6.45, 7) is 0.512. The van der Waals surface area contributed by atoms with Crippen LogP contribution in [-0.4, -0.2) is 13.1 Å². The predicted octanol–water partition coefficient (Wildman–Crippen LogP) is 4.47. The molecule has 5 heteroatoms. The zero-order chi connectivity index (χ0) is 14.5. The van der Waals surface area contributed by atoms with Crippen molar-refractivity contribution in [3.05, 3.63) is 63.1 Å². The fourth-order valence-electron chi connectivity index (χ4n) is 1.62. The first kappa shape index (κ1) is 15.0. The third-order valence-corrected chi connectivity index (χ3v) is 3.45. The predicted molar refractivity (Wildman–Crippen MR) is 81.3 cm³/mol. The Morgan fingerprint density at radius 2 is 1.90 bits per heavy atom. The molecule has 2 aromatic carbocycles. The molecule has 3 nitrogen and oxygen atoms in total. The third-order valence-electron chi connectivity index (χ3n) is 2.60. The second-order valence-corrected chi connectivity index (χ2v) is 5.38. The minimum absolute atomic E-state index is 0.419. The number of benzene rings is 2. The summed E-state index contributed by atoms with van der Waals surface area (Å²) in [6.07, 6.45) is 0. The number of ether oxygens (including phenoxy) is 2. The Morgan fingerprint density at radius 1 is 1.20 bits per heavy atom. The molecule has 0 aliphatic rings. The van der Waals surface area contributed by atoms with Crippen LogP contribution in [0.25, 0.3) is 0 Å². The van der Waals surface area contributed by atoms with E-state index in [1.54, 1.807) is 37.4 Å². The normalized spacial score (nSPS) is 10.3. The van der Waals surface area contributed by atoms with E-state index < -0.39 is 5.97 Å². The minimum Gasteiger partial charge on any atom is -0.422 e. The van der Waals surface area contributed by atoms with Gasteiger partial charge in [-0.05, 0) is 51.8 Å². The van der Waals surface area contributed by atoms with Crippen molar-refractivity contribution in [1.29, 1.82) is 0 Å². The summed E-state index contributed by atoms with van der Waals surface area (Å²) in [5, 5.41) is 0.570. The Balaban J connectivity index is 2.11. The SMILES string of the molecule is COCc1ccc(C(=O)Oc2ccc(Cl)cc2Br)cc1. The molecule has 0 spiro atoms. The molecule has 0 bridgehead atoms. The Kier molecular flexibility index (Phi) is 5.17. The molecule has 0 fully saturated rings. The van der Waals surface area contributed by atoms with Gasteiger partial charge in [-0.1, -0.05) is 23.7 Å². The molecule has 0 heterocycles. The largest absolute Gasteiger partial charge is 0.422 e. The highest BCUT2D eigenvalue weighted by molar-refractivity contribution is 9.10. The van der Waals surface area contributed by atoms with Gasteiger partial charge in [0.25, 0.3) is 0 Å². The number of carbonyl (C=O) groups is 1.